The minimum Gasteiger partial charge on any atom is -0.359 e. The van der Waals surface area contributed by atoms with Gasteiger partial charge >= 0.3 is 0 Å². The smallest absolute Gasteiger partial charge is 0.0893 e. The van der Waals surface area contributed by atoms with Gasteiger partial charge in [0.2, 0.25) is 0 Å². The van der Waals surface area contributed by atoms with Gasteiger partial charge in [0.25, 0.3) is 0 Å². The molecule has 0 N–H and O–H groups in total. The largest absolute Gasteiger partial charge is 0.359 e. The molecular formula is C11H22N2. The molecule has 0 bridgehead atoms. The fourth-order valence-electron chi connectivity index (χ4n) is 1.61. The molecular weight excluding hydrogens is 160 g/mol. The molecule has 1 aliphatic heterocycles. The van der Waals surface area contributed by atoms with Crippen molar-refractivity contribution in [1.29, 1.82) is 0 Å². The van der Waals surface area contributed by atoms with Gasteiger partial charge in [0.1, 0.15) is 0 Å². The van der Waals surface area contributed by atoms with Crippen LogP contribution in [0, 0.1) is 0 Å². The molecule has 0 aromatic carbocycles. The molecule has 0 fully saturated rings. The highest BCUT2D eigenvalue weighted by Crippen LogP contribution is 2.08. The quantitative estimate of drug-likeness (QED) is 0.583. The number of hydrogen-bond acceptors (Lipinski definition) is 2. The molecule has 2 nitrogen and oxygen atoms in total. The van der Waals surface area contributed by atoms with Gasteiger partial charge in [0.15, 0.2) is 0 Å². The molecule has 0 amide bonds. The highest BCUT2D eigenvalue weighted by molar-refractivity contribution is 4.89. The maximum Gasteiger partial charge on any atom is 0.0893 e. The van der Waals surface area contributed by atoms with Crippen molar-refractivity contribution < 1.29 is 0 Å². The van der Waals surface area contributed by atoms with Crippen LogP contribution in [0.4, 0.5) is 0 Å². The van der Waals surface area contributed by atoms with Crippen LogP contribution in [0.5, 0.6) is 0 Å². The predicted octanol–water partition coefficient (Wildman–Crippen LogP) is 2.63. The number of unbranched alkanes of at least 4 members (excludes halogenated alkanes) is 3. The summed E-state index contributed by atoms with van der Waals surface area (Å²) < 4.78 is 0. The molecule has 0 unspecified atom stereocenters. The Balaban J connectivity index is 2.01. The van der Waals surface area contributed by atoms with Gasteiger partial charge in [-0.05, 0) is 13.3 Å². The average molecular weight is 182 g/mol. The normalized spacial score (nSPS) is 15.8. The van der Waals surface area contributed by atoms with E-state index >= 15 is 0 Å². The number of rotatable bonds is 6. The van der Waals surface area contributed by atoms with Crippen molar-refractivity contribution in [2.24, 2.45) is 0 Å². The molecule has 0 aromatic heterocycles. The first-order chi connectivity index (χ1) is 6.36. The Kier molecular flexibility index (Phi) is 4.73. The summed E-state index contributed by atoms with van der Waals surface area (Å²) in [6.45, 7) is 7.91. The van der Waals surface area contributed by atoms with Crippen molar-refractivity contribution in [3.63, 3.8) is 0 Å². The molecule has 2 heteroatoms. The average Bonchev–Trinajstić information content (AvgIpc) is 2.60. The van der Waals surface area contributed by atoms with Crippen LogP contribution in [0.1, 0.15) is 39.5 Å². The zero-order valence-corrected chi connectivity index (χ0v) is 9.00. The number of hydrogen-bond donors (Lipinski definition) is 0. The summed E-state index contributed by atoms with van der Waals surface area (Å²) in [6.07, 6.45) is 9.85. The van der Waals surface area contributed by atoms with E-state index in [9.17, 15) is 0 Å². The highest BCUT2D eigenvalue weighted by atomic mass is 15.3. The van der Waals surface area contributed by atoms with Gasteiger partial charge in [-0.1, -0.05) is 26.2 Å². The lowest BCUT2D eigenvalue weighted by Crippen LogP contribution is -2.25. The van der Waals surface area contributed by atoms with E-state index in [1.165, 1.54) is 32.2 Å². The Morgan fingerprint density at radius 3 is 2.38 bits per heavy atom. The third-order valence-corrected chi connectivity index (χ3v) is 2.56. The van der Waals surface area contributed by atoms with E-state index in [0.29, 0.717) is 0 Å². The zero-order chi connectivity index (χ0) is 9.52. The Bertz CT molecular complexity index is 154. The van der Waals surface area contributed by atoms with E-state index in [0.717, 1.165) is 13.2 Å². The van der Waals surface area contributed by atoms with E-state index in [1.54, 1.807) is 0 Å². The first-order valence-corrected chi connectivity index (χ1v) is 5.53. The molecule has 13 heavy (non-hydrogen) atoms. The monoisotopic (exact) mass is 182 g/mol. The maximum absolute atomic E-state index is 2.40. The molecule has 1 aliphatic rings. The summed E-state index contributed by atoms with van der Waals surface area (Å²) in [6, 6.07) is 0. The summed E-state index contributed by atoms with van der Waals surface area (Å²) in [5.74, 6) is 0. The SMILES string of the molecule is CCCCCCN1C=CN(CC)C1. The van der Waals surface area contributed by atoms with Gasteiger partial charge in [-0.15, -0.1) is 0 Å². The minimum absolute atomic E-state index is 1.10. The van der Waals surface area contributed by atoms with E-state index in [1.807, 2.05) is 0 Å². The lowest BCUT2D eigenvalue weighted by Gasteiger charge is -2.19. The maximum atomic E-state index is 2.40. The van der Waals surface area contributed by atoms with Gasteiger partial charge in [-0.25, -0.2) is 0 Å². The topological polar surface area (TPSA) is 6.48 Å². The van der Waals surface area contributed by atoms with Crippen molar-refractivity contribution in [2.75, 3.05) is 19.8 Å². The second-order valence-corrected chi connectivity index (χ2v) is 3.72. The minimum atomic E-state index is 1.10. The van der Waals surface area contributed by atoms with Crippen LogP contribution < -0.4 is 0 Å². The van der Waals surface area contributed by atoms with Crippen LogP contribution in [0.15, 0.2) is 12.4 Å². The molecule has 0 saturated carbocycles. The molecule has 0 atom stereocenters. The molecule has 76 valence electrons. The zero-order valence-electron chi connectivity index (χ0n) is 9.00. The van der Waals surface area contributed by atoms with Gasteiger partial charge in [0, 0.05) is 25.5 Å². The summed E-state index contributed by atoms with van der Waals surface area (Å²) in [7, 11) is 0. The number of nitrogens with zero attached hydrogens (tertiary/aromatic N) is 2. The van der Waals surface area contributed by atoms with Gasteiger partial charge in [-0.3, -0.25) is 0 Å². The fourth-order valence-corrected chi connectivity index (χ4v) is 1.61. The van der Waals surface area contributed by atoms with Gasteiger partial charge < -0.3 is 9.80 Å². The van der Waals surface area contributed by atoms with Crippen molar-refractivity contribution in [3.05, 3.63) is 12.4 Å². The molecule has 1 heterocycles. The van der Waals surface area contributed by atoms with Gasteiger partial charge in [0.05, 0.1) is 6.67 Å². The summed E-state index contributed by atoms with van der Waals surface area (Å²) in [5, 5.41) is 0. The Morgan fingerprint density at radius 1 is 1.00 bits per heavy atom. The second-order valence-electron chi connectivity index (χ2n) is 3.72. The second kappa shape index (κ2) is 5.90. The molecule has 0 radical (unpaired) electrons. The third-order valence-electron chi connectivity index (χ3n) is 2.56. The molecule has 0 aliphatic carbocycles. The molecule has 1 rings (SSSR count). The molecule has 0 saturated heterocycles. The van der Waals surface area contributed by atoms with Crippen LogP contribution in [-0.4, -0.2) is 29.6 Å². The Morgan fingerprint density at radius 2 is 1.77 bits per heavy atom. The van der Waals surface area contributed by atoms with Crippen molar-refractivity contribution in [3.8, 4) is 0 Å². The van der Waals surface area contributed by atoms with E-state index in [4.69, 9.17) is 0 Å². The summed E-state index contributed by atoms with van der Waals surface area (Å²) >= 11 is 0. The first kappa shape index (κ1) is 10.4. The lowest BCUT2D eigenvalue weighted by atomic mass is 10.2. The predicted molar refractivity (Wildman–Crippen MR) is 57.2 cm³/mol. The van der Waals surface area contributed by atoms with Crippen LogP contribution in [0.2, 0.25) is 0 Å². The van der Waals surface area contributed by atoms with Crippen LogP contribution in [-0.2, 0) is 0 Å². The van der Waals surface area contributed by atoms with Gasteiger partial charge in [-0.2, -0.15) is 0 Å². The summed E-state index contributed by atoms with van der Waals surface area (Å²) in [5.41, 5.74) is 0. The van der Waals surface area contributed by atoms with Crippen molar-refractivity contribution in [2.45, 2.75) is 39.5 Å². The van der Waals surface area contributed by atoms with Crippen LogP contribution in [0.3, 0.4) is 0 Å². The van der Waals surface area contributed by atoms with E-state index < -0.39 is 0 Å². The van der Waals surface area contributed by atoms with Crippen LogP contribution in [0.25, 0.3) is 0 Å². The Labute approximate surface area is 82.2 Å². The fraction of sp³-hybridized carbons (Fsp3) is 0.818. The van der Waals surface area contributed by atoms with Crippen molar-refractivity contribution >= 4 is 0 Å². The standard InChI is InChI=1S/C11H22N2/c1-3-5-6-7-8-13-10-9-12(4-2)11-13/h9-10H,3-8,11H2,1-2H3. The molecule has 0 aromatic rings. The first-order valence-electron chi connectivity index (χ1n) is 5.53. The third kappa shape index (κ3) is 3.71. The van der Waals surface area contributed by atoms with Crippen LogP contribution >= 0.6 is 0 Å². The Hall–Kier alpha value is -0.660. The lowest BCUT2D eigenvalue weighted by molar-refractivity contribution is 0.269. The highest BCUT2D eigenvalue weighted by Gasteiger charge is 2.08. The van der Waals surface area contributed by atoms with Crippen molar-refractivity contribution in [1.82, 2.24) is 9.80 Å². The molecule has 0 spiro atoms. The van der Waals surface area contributed by atoms with E-state index in [-0.39, 0.29) is 0 Å². The summed E-state index contributed by atoms with van der Waals surface area (Å²) in [4.78, 5) is 4.74. The van der Waals surface area contributed by atoms with E-state index in [2.05, 4.69) is 36.0 Å².